The van der Waals surface area contributed by atoms with E-state index >= 15 is 0 Å². The van der Waals surface area contributed by atoms with Gasteiger partial charge >= 0.3 is 0 Å². The van der Waals surface area contributed by atoms with Crippen LogP contribution in [-0.4, -0.2) is 39.0 Å². The third-order valence-electron chi connectivity index (χ3n) is 3.18. The van der Waals surface area contributed by atoms with Gasteiger partial charge in [-0.2, -0.15) is 4.31 Å². The van der Waals surface area contributed by atoms with Crippen LogP contribution in [0, 0.1) is 5.82 Å². The molecule has 0 saturated carbocycles. The predicted molar refractivity (Wildman–Crippen MR) is 76.2 cm³/mol. The number of sulfonamides is 1. The fourth-order valence-electron chi connectivity index (χ4n) is 2.15. The van der Waals surface area contributed by atoms with Gasteiger partial charge in [-0.05, 0) is 31.0 Å². The van der Waals surface area contributed by atoms with Crippen LogP contribution in [-0.2, 0) is 10.0 Å². The normalized spacial score (nSPS) is 20.2. The molecule has 0 unspecified atom stereocenters. The molecule has 1 aromatic rings. The Morgan fingerprint density at radius 2 is 2.15 bits per heavy atom. The van der Waals surface area contributed by atoms with E-state index in [1.54, 1.807) is 0 Å². The molecule has 5 nitrogen and oxygen atoms in total. The van der Waals surface area contributed by atoms with Crippen LogP contribution < -0.4 is 10.5 Å². The second-order valence-corrected chi connectivity index (χ2v) is 6.50. The summed E-state index contributed by atoms with van der Waals surface area (Å²) in [7, 11) is -2.36. The summed E-state index contributed by atoms with van der Waals surface area (Å²) in [6.45, 7) is 0.694. The molecule has 8 heteroatoms. The zero-order valence-corrected chi connectivity index (χ0v) is 12.7. The first-order valence-corrected chi connectivity index (χ1v) is 7.48. The molecule has 0 spiro atoms. The van der Waals surface area contributed by atoms with Crippen LogP contribution >= 0.6 is 12.4 Å². The molecule has 0 radical (unpaired) electrons. The van der Waals surface area contributed by atoms with Crippen LogP contribution in [0.25, 0.3) is 0 Å². The van der Waals surface area contributed by atoms with Crippen molar-refractivity contribution in [1.82, 2.24) is 4.31 Å². The average molecular weight is 325 g/mol. The van der Waals surface area contributed by atoms with Gasteiger partial charge in [0, 0.05) is 19.1 Å². The minimum Gasteiger partial charge on any atom is -0.494 e. The summed E-state index contributed by atoms with van der Waals surface area (Å²) < 4.78 is 44.4. The highest BCUT2D eigenvalue weighted by atomic mass is 35.5. The average Bonchev–Trinajstić information content (AvgIpc) is 2.38. The topological polar surface area (TPSA) is 72.6 Å². The molecule has 20 heavy (non-hydrogen) atoms. The van der Waals surface area contributed by atoms with Crippen LogP contribution in [0.4, 0.5) is 4.39 Å². The van der Waals surface area contributed by atoms with Gasteiger partial charge < -0.3 is 10.5 Å². The molecule has 2 rings (SSSR count). The Morgan fingerprint density at radius 3 is 2.70 bits per heavy atom. The maximum absolute atomic E-state index is 13.6. The maximum Gasteiger partial charge on any atom is 0.243 e. The van der Waals surface area contributed by atoms with Crippen molar-refractivity contribution in [2.45, 2.75) is 23.8 Å². The van der Waals surface area contributed by atoms with Gasteiger partial charge in [0.05, 0.1) is 12.0 Å². The SMILES string of the molecule is COc1ccc(S(=O)(=O)N2CCC[C@@H](N)C2)cc1F.Cl. The molecule has 2 N–H and O–H groups in total. The third-order valence-corrected chi connectivity index (χ3v) is 5.04. The number of ether oxygens (including phenoxy) is 1. The highest BCUT2D eigenvalue weighted by Crippen LogP contribution is 2.24. The van der Waals surface area contributed by atoms with Gasteiger partial charge in [0.2, 0.25) is 10.0 Å². The number of hydrogen-bond acceptors (Lipinski definition) is 4. The third kappa shape index (κ3) is 3.41. The predicted octanol–water partition coefficient (Wildman–Crippen LogP) is 1.37. The lowest BCUT2D eigenvalue weighted by atomic mass is 10.1. The van der Waals surface area contributed by atoms with E-state index in [9.17, 15) is 12.8 Å². The van der Waals surface area contributed by atoms with E-state index in [1.165, 1.54) is 23.5 Å². The number of piperidine rings is 1. The first-order chi connectivity index (χ1) is 8.95. The van der Waals surface area contributed by atoms with E-state index in [2.05, 4.69) is 0 Å². The molecule has 0 bridgehead atoms. The molecule has 1 atom stereocenters. The van der Waals surface area contributed by atoms with Crippen molar-refractivity contribution < 1.29 is 17.5 Å². The van der Waals surface area contributed by atoms with Crippen LogP contribution in [0.2, 0.25) is 0 Å². The summed E-state index contributed by atoms with van der Waals surface area (Å²) in [4.78, 5) is -0.0695. The quantitative estimate of drug-likeness (QED) is 0.911. The highest BCUT2D eigenvalue weighted by Gasteiger charge is 2.29. The van der Waals surface area contributed by atoms with Crippen molar-refractivity contribution in [1.29, 1.82) is 0 Å². The van der Waals surface area contributed by atoms with E-state index in [-0.39, 0.29) is 35.6 Å². The molecule has 0 aliphatic carbocycles. The Kier molecular flexibility index (Phi) is 5.76. The van der Waals surface area contributed by atoms with Crippen LogP contribution in [0.1, 0.15) is 12.8 Å². The molecule has 1 fully saturated rings. The van der Waals surface area contributed by atoms with Gasteiger partial charge in [-0.1, -0.05) is 0 Å². The zero-order valence-electron chi connectivity index (χ0n) is 11.1. The monoisotopic (exact) mass is 324 g/mol. The number of nitrogens with two attached hydrogens (primary N) is 1. The van der Waals surface area contributed by atoms with Crippen molar-refractivity contribution in [3.05, 3.63) is 24.0 Å². The smallest absolute Gasteiger partial charge is 0.243 e. The lowest BCUT2D eigenvalue weighted by molar-refractivity contribution is 0.316. The van der Waals surface area contributed by atoms with E-state index in [0.717, 1.165) is 18.9 Å². The van der Waals surface area contributed by atoms with Crippen molar-refractivity contribution in [2.75, 3.05) is 20.2 Å². The first kappa shape index (κ1) is 17.2. The Hall–Kier alpha value is -0.890. The largest absolute Gasteiger partial charge is 0.494 e. The number of rotatable bonds is 3. The fourth-order valence-corrected chi connectivity index (χ4v) is 3.70. The summed E-state index contributed by atoms with van der Waals surface area (Å²) in [5.41, 5.74) is 5.78. The van der Waals surface area contributed by atoms with Gasteiger partial charge in [-0.3, -0.25) is 0 Å². The van der Waals surface area contributed by atoms with E-state index in [1.807, 2.05) is 0 Å². The minimum absolute atomic E-state index is 0. The minimum atomic E-state index is -3.68. The van der Waals surface area contributed by atoms with Gasteiger partial charge in [0.15, 0.2) is 11.6 Å². The van der Waals surface area contributed by atoms with Gasteiger partial charge in [-0.15, -0.1) is 12.4 Å². The Bertz CT molecular complexity index is 568. The Morgan fingerprint density at radius 1 is 1.45 bits per heavy atom. The Balaban J connectivity index is 0.00000200. The highest BCUT2D eigenvalue weighted by molar-refractivity contribution is 7.89. The number of halogens is 2. The molecule has 0 amide bonds. The number of methoxy groups -OCH3 is 1. The molecule has 114 valence electrons. The summed E-state index contributed by atoms with van der Waals surface area (Å²) in [6.07, 6.45) is 1.53. The second-order valence-electron chi connectivity index (χ2n) is 4.56. The lowest BCUT2D eigenvalue weighted by Crippen LogP contribution is -2.45. The summed E-state index contributed by atoms with van der Waals surface area (Å²) in [5, 5.41) is 0. The first-order valence-electron chi connectivity index (χ1n) is 6.04. The van der Waals surface area contributed by atoms with Crippen LogP contribution in [0.15, 0.2) is 23.1 Å². The van der Waals surface area contributed by atoms with Gasteiger partial charge in [-0.25, -0.2) is 12.8 Å². The van der Waals surface area contributed by atoms with E-state index in [0.29, 0.717) is 6.54 Å². The summed E-state index contributed by atoms with van der Waals surface area (Å²) in [6, 6.07) is 3.48. The van der Waals surface area contributed by atoms with Crippen LogP contribution in [0.5, 0.6) is 5.75 Å². The molecule has 1 aliphatic heterocycles. The molecule has 1 aromatic carbocycles. The molecule has 0 aromatic heterocycles. The summed E-state index contributed by atoms with van der Waals surface area (Å²) in [5.74, 6) is -0.667. The second kappa shape index (κ2) is 6.71. The van der Waals surface area contributed by atoms with Crippen molar-refractivity contribution in [3.8, 4) is 5.75 Å². The standard InChI is InChI=1S/C12H17FN2O3S.ClH/c1-18-12-5-4-10(7-11(12)13)19(16,17)15-6-2-3-9(14)8-15;/h4-5,7,9H,2-3,6,8,14H2,1H3;1H/t9-;/m1./s1. The van der Waals surface area contributed by atoms with Crippen molar-refractivity contribution >= 4 is 22.4 Å². The van der Waals surface area contributed by atoms with E-state index < -0.39 is 15.8 Å². The van der Waals surface area contributed by atoms with E-state index in [4.69, 9.17) is 10.5 Å². The number of benzene rings is 1. The lowest BCUT2D eigenvalue weighted by Gasteiger charge is -2.29. The maximum atomic E-state index is 13.6. The molecule has 1 saturated heterocycles. The molecule has 1 heterocycles. The number of hydrogen-bond donors (Lipinski definition) is 1. The Labute approximate surface area is 124 Å². The van der Waals surface area contributed by atoms with Gasteiger partial charge in [0.25, 0.3) is 0 Å². The fraction of sp³-hybridized carbons (Fsp3) is 0.500. The zero-order chi connectivity index (χ0) is 14.0. The number of nitrogens with zero attached hydrogens (tertiary/aromatic N) is 1. The molecular weight excluding hydrogens is 307 g/mol. The van der Waals surface area contributed by atoms with Gasteiger partial charge in [0.1, 0.15) is 0 Å². The van der Waals surface area contributed by atoms with Crippen molar-refractivity contribution in [3.63, 3.8) is 0 Å². The summed E-state index contributed by atoms with van der Waals surface area (Å²) >= 11 is 0. The van der Waals surface area contributed by atoms with Crippen molar-refractivity contribution in [2.24, 2.45) is 5.73 Å². The van der Waals surface area contributed by atoms with Crippen LogP contribution in [0.3, 0.4) is 0 Å². The molecular formula is C12H18ClFN2O3S. The molecule has 1 aliphatic rings.